The van der Waals surface area contributed by atoms with Gasteiger partial charge < -0.3 is 19.7 Å². The van der Waals surface area contributed by atoms with Crippen LogP contribution in [0.5, 0.6) is 0 Å². The number of rotatable bonds is 6. The van der Waals surface area contributed by atoms with E-state index in [0.29, 0.717) is 19.1 Å². The fourth-order valence-electron chi connectivity index (χ4n) is 3.12. The standard InChI is InChI=1S/C16H30N2O3/c1-2-20-12-13-21-14-7-10-18(11-8-14)16(19)15-6-4-3-5-9-17-15/h14-15,17H,2-13H2,1H3. The molecule has 2 rings (SSSR count). The van der Waals surface area contributed by atoms with Crippen LogP contribution in [0.3, 0.4) is 0 Å². The quantitative estimate of drug-likeness (QED) is 0.756. The smallest absolute Gasteiger partial charge is 0.239 e. The molecule has 5 heteroatoms. The Balaban J connectivity index is 1.66. The second kappa shape index (κ2) is 9.38. The Bertz CT molecular complexity index is 296. The van der Waals surface area contributed by atoms with E-state index in [-0.39, 0.29) is 12.1 Å². The van der Waals surface area contributed by atoms with Gasteiger partial charge in [0.05, 0.1) is 25.4 Å². The first-order valence-electron chi connectivity index (χ1n) is 8.52. The van der Waals surface area contributed by atoms with Crippen LogP contribution >= 0.6 is 0 Å². The molecule has 2 aliphatic heterocycles. The van der Waals surface area contributed by atoms with Gasteiger partial charge in [-0.3, -0.25) is 4.79 Å². The molecule has 2 aliphatic rings. The molecule has 0 bridgehead atoms. The van der Waals surface area contributed by atoms with Crippen LogP contribution in [0.15, 0.2) is 0 Å². The highest BCUT2D eigenvalue weighted by Gasteiger charge is 2.28. The van der Waals surface area contributed by atoms with Gasteiger partial charge in [0.15, 0.2) is 0 Å². The molecule has 5 nitrogen and oxygen atoms in total. The summed E-state index contributed by atoms with van der Waals surface area (Å²) in [5.41, 5.74) is 0. The SMILES string of the molecule is CCOCCOC1CCN(C(=O)C2CCCCCN2)CC1. The van der Waals surface area contributed by atoms with Gasteiger partial charge in [0.25, 0.3) is 0 Å². The maximum Gasteiger partial charge on any atom is 0.239 e. The summed E-state index contributed by atoms with van der Waals surface area (Å²) in [7, 11) is 0. The molecule has 0 saturated carbocycles. The number of hydrogen-bond donors (Lipinski definition) is 1. The number of carbonyl (C=O) groups is 1. The van der Waals surface area contributed by atoms with E-state index in [4.69, 9.17) is 9.47 Å². The minimum absolute atomic E-state index is 0.0444. The normalized spacial score (nSPS) is 24.8. The zero-order valence-corrected chi connectivity index (χ0v) is 13.3. The Morgan fingerprint density at radius 3 is 2.71 bits per heavy atom. The lowest BCUT2D eigenvalue weighted by Gasteiger charge is -2.34. The maximum atomic E-state index is 12.5. The molecule has 2 heterocycles. The molecule has 0 aromatic heterocycles. The number of piperidine rings is 1. The third-order valence-electron chi connectivity index (χ3n) is 4.40. The average molecular weight is 298 g/mol. The van der Waals surface area contributed by atoms with Gasteiger partial charge in [0, 0.05) is 19.7 Å². The van der Waals surface area contributed by atoms with Crippen molar-refractivity contribution in [3.63, 3.8) is 0 Å². The fourth-order valence-corrected chi connectivity index (χ4v) is 3.12. The van der Waals surface area contributed by atoms with Crippen molar-refractivity contribution in [2.24, 2.45) is 0 Å². The van der Waals surface area contributed by atoms with Crippen molar-refractivity contribution in [2.45, 2.75) is 57.6 Å². The zero-order valence-electron chi connectivity index (χ0n) is 13.3. The van der Waals surface area contributed by atoms with Gasteiger partial charge in [0.1, 0.15) is 0 Å². The summed E-state index contributed by atoms with van der Waals surface area (Å²) in [6.45, 7) is 6.70. The van der Waals surface area contributed by atoms with Crippen LogP contribution < -0.4 is 5.32 Å². The van der Waals surface area contributed by atoms with Crippen LogP contribution in [-0.4, -0.2) is 62.4 Å². The topological polar surface area (TPSA) is 50.8 Å². The van der Waals surface area contributed by atoms with Crippen molar-refractivity contribution in [1.82, 2.24) is 10.2 Å². The number of nitrogens with zero attached hydrogens (tertiary/aromatic N) is 1. The Hall–Kier alpha value is -0.650. The van der Waals surface area contributed by atoms with E-state index in [1.807, 2.05) is 11.8 Å². The largest absolute Gasteiger partial charge is 0.379 e. The lowest BCUT2D eigenvalue weighted by molar-refractivity contribution is -0.136. The van der Waals surface area contributed by atoms with Gasteiger partial charge in [-0.2, -0.15) is 0 Å². The van der Waals surface area contributed by atoms with Gasteiger partial charge in [-0.05, 0) is 39.2 Å². The number of ether oxygens (including phenoxy) is 2. The van der Waals surface area contributed by atoms with Gasteiger partial charge in [-0.1, -0.05) is 12.8 Å². The maximum absolute atomic E-state index is 12.5. The predicted molar refractivity (Wildman–Crippen MR) is 82.3 cm³/mol. The summed E-state index contributed by atoms with van der Waals surface area (Å²) in [6, 6.07) is 0.0444. The second-order valence-corrected chi connectivity index (χ2v) is 5.95. The average Bonchev–Trinajstić information content (AvgIpc) is 2.81. The third kappa shape index (κ3) is 5.57. The summed E-state index contributed by atoms with van der Waals surface area (Å²) < 4.78 is 11.1. The molecule has 1 amide bonds. The first kappa shape index (κ1) is 16.7. The number of nitrogens with one attached hydrogen (secondary N) is 1. The minimum Gasteiger partial charge on any atom is -0.379 e. The molecule has 21 heavy (non-hydrogen) atoms. The number of likely N-dealkylation sites (tertiary alicyclic amines) is 1. The van der Waals surface area contributed by atoms with E-state index in [9.17, 15) is 4.79 Å². The van der Waals surface area contributed by atoms with E-state index in [0.717, 1.165) is 45.5 Å². The molecule has 2 fully saturated rings. The van der Waals surface area contributed by atoms with Crippen LogP contribution in [0.2, 0.25) is 0 Å². The predicted octanol–water partition coefficient (Wildman–Crippen LogP) is 1.56. The summed E-state index contributed by atoms with van der Waals surface area (Å²) >= 11 is 0. The summed E-state index contributed by atoms with van der Waals surface area (Å²) in [6.07, 6.45) is 6.78. The van der Waals surface area contributed by atoms with E-state index in [1.165, 1.54) is 19.3 Å². The zero-order chi connectivity index (χ0) is 14.9. The summed E-state index contributed by atoms with van der Waals surface area (Å²) in [5, 5.41) is 3.40. The Morgan fingerprint density at radius 2 is 1.95 bits per heavy atom. The van der Waals surface area contributed by atoms with E-state index in [2.05, 4.69) is 5.32 Å². The number of carbonyl (C=O) groups excluding carboxylic acids is 1. The van der Waals surface area contributed by atoms with Gasteiger partial charge in [0.2, 0.25) is 5.91 Å². The van der Waals surface area contributed by atoms with Crippen molar-refractivity contribution in [1.29, 1.82) is 0 Å². The van der Waals surface area contributed by atoms with Crippen LogP contribution in [0, 0.1) is 0 Å². The molecule has 0 aliphatic carbocycles. The van der Waals surface area contributed by atoms with Gasteiger partial charge >= 0.3 is 0 Å². The van der Waals surface area contributed by atoms with Gasteiger partial charge in [-0.15, -0.1) is 0 Å². The second-order valence-electron chi connectivity index (χ2n) is 5.95. The highest BCUT2D eigenvalue weighted by molar-refractivity contribution is 5.82. The lowest BCUT2D eigenvalue weighted by atomic mass is 10.0. The summed E-state index contributed by atoms with van der Waals surface area (Å²) in [5.74, 6) is 0.296. The molecule has 1 N–H and O–H groups in total. The third-order valence-corrected chi connectivity index (χ3v) is 4.40. The van der Waals surface area contributed by atoms with Crippen LogP contribution in [0.1, 0.15) is 45.4 Å². The molecule has 0 aromatic carbocycles. The molecule has 1 unspecified atom stereocenters. The van der Waals surface area contributed by atoms with E-state index >= 15 is 0 Å². The van der Waals surface area contributed by atoms with Crippen molar-refractivity contribution in [3.8, 4) is 0 Å². The highest BCUT2D eigenvalue weighted by atomic mass is 16.5. The van der Waals surface area contributed by atoms with Crippen molar-refractivity contribution >= 4 is 5.91 Å². The van der Waals surface area contributed by atoms with Crippen molar-refractivity contribution < 1.29 is 14.3 Å². The van der Waals surface area contributed by atoms with Crippen LogP contribution in [0.25, 0.3) is 0 Å². The molecule has 1 atom stereocenters. The minimum atomic E-state index is 0.0444. The monoisotopic (exact) mass is 298 g/mol. The first-order valence-corrected chi connectivity index (χ1v) is 8.52. The van der Waals surface area contributed by atoms with Crippen molar-refractivity contribution in [3.05, 3.63) is 0 Å². The Morgan fingerprint density at radius 1 is 1.14 bits per heavy atom. The molecule has 2 saturated heterocycles. The van der Waals surface area contributed by atoms with Crippen LogP contribution in [0.4, 0.5) is 0 Å². The lowest BCUT2D eigenvalue weighted by Crippen LogP contribution is -2.49. The molecule has 0 radical (unpaired) electrons. The summed E-state index contributed by atoms with van der Waals surface area (Å²) in [4.78, 5) is 14.5. The van der Waals surface area contributed by atoms with Crippen molar-refractivity contribution in [2.75, 3.05) is 39.5 Å². The molecule has 122 valence electrons. The van der Waals surface area contributed by atoms with Crippen LogP contribution in [-0.2, 0) is 14.3 Å². The number of hydrogen-bond acceptors (Lipinski definition) is 4. The van der Waals surface area contributed by atoms with E-state index in [1.54, 1.807) is 0 Å². The molecule has 0 aromatic rings. The Labute approximate surface area is 128 Å². The first-order chi connectivity index (χ1) is 10.3. The molecular formula is C16H30N2O3. The fraction of sp³-hybridized carbons (Fsp3) is 0.938. The molecular weight excluding hydrogens is 268 g/mol. The molecule has 0 spiro atoms. The Kier molecular flexibility index (Phi) is 7.47. The highest BCUT2D eigenvalue weighted by Crippen LogP contribution is 2.17. The number of amides is 1. The van der Waals surface area contributed by atoms with Gasteiger partial charge in [-0.25, -0.2) is 0 Å². The van der Waals surface area contributed by atoms with E-state index < -0.39 is 0 Å².